The number of hydrogen-bond acceptors (Lipinski definition) is 4. The molecule has 0 heterocycles. The maximum atomic E-state index is 11.9. The Balaban J connectivity index is 2.04. The van der Waals surface area contributed by atoms with Gasteiger partial charge in [0.05, 0.1) is 18.5 Å². The predicted molar refractivity (Wildman–Crippen MR) is 85.8 cm³/mol. The third kappa shape index (κ3) is 3.76. The minimum atomic E-state index is -0.793. The zero-order valence-electron chi connectivity index (χ0n) is 12.3. The Hall–Kier alpha value is -3.02. The van der Waals surface area contributed by atoms with Gasteiger partial charge in [0.1, 0.15) is 5.75 Å². The fourth-order valence-electron chi connectivity index (χ4n) is 1.86. The van der Waals surface area contributed by atoms with Crippen LogP contribution in [0.1, 0.15) is 5.56 Å². The molecule has 0 spiro atoms. The fourth-order valence-corrected chi connectivity index (χ4v) is 1.86. The van der Waals surface area contributed by atoms with E-state index in [2.05, 4.69) is 10.6 Å². The Labute approximate surface area is 128 Å². The van der Waals surface area contributed by atoms with Crippen LogP contribution in [0.2, 0.25) is 0 Å². The van der Waals surface area contributed by atoms with Crippen LogP contribution >= 0.6 is 0 Å². The topological polar surface area (TPSA) is 93.4 Å². The molecule has 2 aromatic carbocycles. The van der Waals surface area contributed by atoms with Gasteiger partial charge in [0.25, 0.3) is 0 Å². The van der Waals surface area contributed by atoms with E-state index in [9.17, 15) is 9.59 Å². The Kier molecular flexibility index (Phi) is 4.63. The van der Waals surface area contributed by atoms with Gasteiger partial charge in [-0.1, -0.05) is 12.1 Å². The van der Waals surface area contributed by atoms with Gasteiger partial charge in [-0.2, -0.15) is 0 Å². The second-order valence-corrected chi connectivity index (χ2v) is 4.73. The van der Waals surface area contributed by atoms with E-state index < -0.39 is 11.8 Å². The van der Waals surface area contributed by atoms with Crippen molar-refractivity contribution < 1.29 is 14.3 Å². The number of amides is 2. The standard InChI is InChI=1S/C16H17N3O3/c1-10-6-7-14(13(17)8-10)19-16(21)15(20)18-11-4-3-5-12(9-11)22-2/h3-9H,17H2,1-2H3,(H,18,20)(H,19,21). The number of rotatable bonds is 3. The average molecular weight is 299 g/mol. The zero-order chi connectivity index (χ0) is 16.1. The van der Waals surface area contributed by atoms with Gasteiger partial charge in [0, 0.05) is 11.8 Å². The summed E-state index contributed by atoms with van der Waals surface area (Å²) < 4.78 is 5.05. The molecule has 0 unspecified atom stereocenters. The normalized spacial score (nSPS) is 9.91. The summed E-state index contributed by atoms with van der Waals surface area (Å²) in [5.41, 5.74) is 8.04. The lowest BCUT2D eigenvalue weighted by Crippen LogP contribution is -2.29. The Morgan fingerprint density at radius 1 is 1.05 bits per heavy atom. The number of methoxy groups -OCH3 is 1. The number of benzene rings is 2. The first-order valence-electron chi connectivity index (χ1n) is 6.62. The first-order valence-corrected chi connectivity index (χ1v) is 6.62. The van der Waals surface area contributed by atoms with Crippen LogP contribution in [0, 0.1) is 6.92 Å². The first-order chi connectivity index (χ1) is 10.5. The van der Waals surface area contributed by atoms with Crippen molar-refractivity contribution in [3.8, 4) is 5.75 Å². The number of nitrogens with two attached hydrogens (primary N) is 1. The Morgan fingerprint density at radius 2 is 1.77 bits per heavy atom. The second kappa shape index (κ2) is 6.62. The van der Waals surface area contributed by atoms with Crippen LogP contribution in [-0.2, 0) is 9.59 Å². The van der Waals surface area contributed by atoms with E-state index in [4.69, 9.17) is 10.5 Å². The molecule has 0 saturated heterocycles. The molecule has 0 radical (unpaired) electrons. The van der Waals surface area contributed by atoms with Crippen molar-refractivity contribution in [1.82, 2.24) is 0 Å². The molecule has 0 aliphatic rings. The minimum Gasteiger partial charge on any atom is -0.497 e. The van der Waals surface area contributed by atoms with Crippen molar-refractivity contribution in [2.75, 3.05) is 23.5 Å². The molecule has 6 heteroatoms. The molecular weight excluding hydrogens is 282 g/mol. The number of nitrogens with one attached hydrogen (secondary N) is 2. The van der Waals surface area contributed by atoms with E-state index >= 15 is 0 Å². The molecule has 2 rings (SSSR count). The van der Waals surface area contributed by atoms with Crippen LogP contribution in [0.3, 0.4) is 0 Å². The summed E-state index contributed by atoms with van der Waals surface area (Å²) in [6.07, 6.45) is 0. The molecule has 0 aromatic heterocycles. The van der Waals surface area contributed by atoms with Gasteiger partial charge in [-0.3, -0.25) is 9.59 Å². The predicted octanol–water partition coefficient (Wildman–Crippen LogP) is 2.16. The number of nitrogen functional groups attached to an aromatic ring is 1. The lowest BCUT2D eigenvalue weighted by atomic mass is 10.2. The largest absolute Gasteiger partial charge is 0.497 e. The second-order valence-electron chi connectivity index (χ2n) is 4.73. The molecule has 6 nitrogen and oxygen atoms in total. The highest BCUT2D eigenvalue weighted by molar-refractivity contribution is 6.43. The van der Waals surface area contributed by atoms with E-state index in [-0.39, 0.29) is 0 Å². The van der Waals surface area contributed by atoms with Gasteiger partial charge < -0.3 is 21.1 Å². The summed E-state index contributed by atoms with van der Waals surface area (Å²) in [6.45, 7) is 1.89. The lowest BCUT2D eigenvalue weighted by molar-refractivity contribution is -0.132. The molecule has 2 amide bonds. The SMILES string of the molecule is COc1cccc(NC(=O)C(=O)Nc2ccc(C)cc2N)c1. The van der Waals surface area contributed by atoms with Crippen molar-refractivity contribution >= 4 is 28.9 Å². The number of hydrogen-bond donors (Lipinski definition) is 3. The molecule has 0 saturated carbocycles. The van der Waals surface area contributed by atoms with Gasteiger partial charge >= 0.3 is 11.8 Å². The van der Waals surface area contributed by atoms with Crippen molar-refractivity contribution in [1.29, 1.82) is 0 Å². The summed E-state index contributed by atoms with van der Waals surface area (Å²) in [7, 11) is 1.52. The summed E-state index contributed by atoms with van der Waals surface area (Å²) >= 11 is 0. The van der Waals surface area contributed by atoms with E-state index in [0.717, 1.165) is 5.56 Å². The van der Waals surface area contributed by atoms with E-state index in [0.29, 0.717) is 22.8 Å². The molecule has 114 valence electrons. The van der Waals surface area contributed by atoms with E-state index in [1.807, 2.05) is 6.92 Å². The molecular formula is C16H17N3O3. The molecule has 22 heavy (non-hydrogen) atoms. The summed E-state index contributed by atoms with van der Waals surface area (Å²) in [6, 6.07) is 11.9. The first kappa shape index (κ1) is 15.4. The quantitative estimate of drug-likeness (QED) is 0.598. The van der Waals surface area contributed by atoms with Gasteiger partial charge in [-0.15, -0.1) is 0 Å². The van der Waals surface area contributed by atoms with Crippen molar-refractivity contribution in [2.24, 2.45) is 0 Å². The molecule has 0 aliphatic carbocycles. The highest BCUT2D eigenvalue weighted by Crippen LogP contribution is 2.20. The third-order valence-corrected chi connectivity index (χ3v) is 2.99. The highest BCUT2D eigenvalue weighted by atomic mass is 16.5. The Bertz CT molecular complexity index is 714. The zero-order valence-corrected chi connectivity index (χ0v) is 12.3. The number of carbonyl (C=O) groups is 2. The smallest absolute Gasteiger partial charge is 0.314 e. The number of carbonyl (C=O) groups excluding carboxylic acids is 2. The summed E-state index contributed by atoms with van der Waals surface area (Å²) in [4.78, 5) is 23.8. The van der Waals surface area contributed by atoms with Crippen LogP contribution in [0.15, 0.2) is 42.5 Å². The van der Waals surface area contributed by atoms with Crippen molar-refractivity contribution in [3.63, 3.8) is 0 Å². The Morgan fingerprint density at radius 3 is 2.45 bits per heavy atom. The average Bonchev–Trinajstić information content (AvgIpc) is 2.50. The van der Waals surface area contributed by atoms with Crippen molar-refractivity contribution in [2.45, 2.75) is 6.92 Å². The number of aryl methyl sites for hydroxylation is 1. The molecule has 0 atom stereocenters. The maximum Gasteiger partial charge on any atom is 0.314 e. The molecule has 2 aromatic rings. The van der Waals surface area contributed by atoms with Crippen LogP contribution in [0.4, 0.5) is 17.1 Å². The number of ether oxygens (including phenoxy) is 1. The van der Waals surface area contributed by atoms with Gasteiger partial charge in [-0.05, 0) is 36.8 Å². The molecule has 0 bridgehead atoms. The minimum absolute atomic E-state index is 0.399. The monoisotopic (exact) mass is 299 g/mol. The van der Waals surface area contributed by atoms with Crippen LogP contribution in [0.5, 0.6) is 5.75 Å². The third-order valence-electron chi connectivity index (χ3n) is 2.99. The lowest BCUT2D eigenvalue weighted by Gasteiger charge is -2.09. The van der Waals surface area contributed by atoms with Crippen LogP contribution in [-0.4, -0.2) is 18.9 Å². The highest BCUT2D eigenvalue weighted by Gasteiger charge is 2.15. The molecule has 0 fully saturated rings. The summed E-state index contributed by atoms with van der Waals surface area (Å²) in [5, 5.41) is 4.97. The van der Waals surface area contributed by atoms with Crippen LogP contribution < -0.4 is 21.1 Å². The van der Waals surface area contributed by atoms with E-state index in [1.54, 1.807) is 42.5 Å². The maximum absolute atomic E-state index is 11.9. The van der Waals surface area contributed by atoms with Gasteiger partial charge in [0.15, 0.2) is 0 Å². The number of anilines is 3. The molecule has 4 N–H and O–H groups in total. The van der Waals surface area contributed by atoms with E-state index in [1.165, 1.54) is 7.11 Å². The van der Waals surface area contributed by atoms with Gasteiger partial charge in [-0.25, -0.2) is 0 Å². The fraction of sp³-hybridized carbons (Fsp3) is 0.125. The summed E-state index contributed by atoms with van der Waals surface area (Å²) in [5.74, 6) is -0.993. The van der Waals surface area contributed by atoms with Crippen molar-refractivity contribution in [3.05, 3.63) is 48.0 Å². The van der Waals surface area contributed by atoms with Gasteiger partial charge in [0.2, 0.25) is 0 Å². The molecule has 0 aliphatic heterocycles. The van der Waals surface area contributed by atoms with Crippen LogP contribution in [0.25, 0.3) is 0 Å².